The van der Waals surface area contributed by atoms with Gasteiger partial charge in [-0.3, -0.25) is 14.6 Å². The fourth-order valence-electron chi connectivity index (χ4n) is 3.12. The van der Waals surface area contributed by atoms with Crippen molar-refractivity contribution in [2.45, 2.75) is 37.2 Å². The van der Waals surface area contributed by atoms with Crippen LogP contribution >= 0.6 is 23.4 Å². The van der Waals surface area contributed by atoms with Crippen LogP contribution in [-0.2, 0) is 17.4 Å². The van der Waals surface area contributed by atoms with Crippen LogP contribution in [0.5, 0.6) is 0 Å². The lowest BCUT2D eigenvalue weighted by molar-refractivity contribution is -0.140. The van der Waals surface area contributed by atoms with Gasteiger partial charge >= 0.3 is 6.18 Å². The number of aliphatic hydroxyl groups is 1. The Morgan fingerprint density at radius 2 is 2.06 bits per heavy atom. The molecule has 0 saturated carbocycles. The molecule has 1 aromatic carbocycles. The van der Waals surface area contributed by atoms with Gasteiger partial charge in [-0.15, -0.1) is 0 Å². The molecule has 0 fully saturated rings. The number of carbonyl (C=O) groups is 2. The van der Waals surface area contributed by atoms with Crippen molar-refractivity contribution >= 4 is 45.9 Å². The number of carbonyl (C=O) groups excluding carboxylic acids is 2. The first kappa shape index (κ1) is 26.8. The number of rotatable bonds is 8. The SMILES string of the molecule is CC(NC(=O)c1ncnc(CCCO)c1Cl)C1=NCC(C(=O)Nc2ccc(F)c(C(F)(F)F)c2)S1. The number of thioether (sulfide) groups is 1. The maximum absolute atomic E-state index is 13.5. The van der Waals surface area contributed by atoms with Crippen LogP contribution in [0.25, 0.3) is 0 Å². The van der Waals surface area contributed by atoms with E-state index in [1.54, 1.807) is 6.92 Å². The summed E-state index contributed by atoms with van der Waals surface area (Å²) in [5.41, 5.74) is -1.30. The van der Waals surface area contributed by atoms with Gasteiger partial charge in [0, 0.05) is 12.3 Å². The third kappa shape index (κ3) is 6.67. The molecule has 2 unspecified atom stereocenters. The second-order valence-electron chi connectivity index (χ2n) is 7.47. The van der Waals surface area contributed by atoms with E-state index in [9.17, 15) is 27.2 Å². The lowest BCUT2D eigenvalue weighted by Crippen LogP contribution is -2.38. The molecular formula is C21H20ClF4N5O3S. The van der Waals surface area contributed by atoms with Gasteiger partial charge in [-0.25, -0.2) is 14.4 Å². The van der Waals surface area contributed by atoms with E-state index in [1.807, 2.05) is 0 Å². The van der Waals surface area contributed by atoms with Crippen molar-refractivity contribution in [3.05, 3.63) is 52.3 Å². The number of benzene rings is 1. The van der Waals surface area contributed by atoms with Crippen molar-refractivity contribution in [3.63, 3.8) is 0 Å². The topological polar surface area (TPSA) is 117 Å². The molecule has 3 rings (SSSR count). The van der Waals surface area contributed by atoms with Crippen LogP contribution in [0.15, 0.2) is 29.5 Å². The van der Waals surface area contributed by atoms with Gasteiger partial charge in [-0.2, -0.15) is 13.2 Å². The average molecular weight is 534 g/mol. The van der Waals surface area contributed by atoms with Gasteiger partial charge in [0.1, 0.15) is 23.1 Å². The molecular weight excluding hydrogens is 514 g/mol. The summed E-state index contributed by atoms with van der Waals surface area (Å²) in [6.07, 6.45) is -2.92. The molecule has 2 atom stereocenters. The minimum atomic E-state index is -4.90. The molecule has 1 aliphatic heterocycles. The number of aliphatic hydroxyl groups excluding tert-OH is 1. The van der Waals surface area contributed by atoms with Crippen molar-refractivity contribution in [2.24, 2.45) is 4.99 Å². The second-order valence-corrected chi connectivity index (χ2v) is 9.07. The molecule has 8 nitrogen and oxygen atoms in total. The van der Waals surface area contributed by atoms with Crippen LogP contribution < -0.4 is 10.6 Å². The van der Waals surface area contributed by atoms with Crippen LogP contribution in [0.1, 0.15) is 35.1 Å². The highest BCUT2D eigenvalue weighted by atomic mass is 35.5. The summed E-state index contributed by atoms with van der Waals surface area (Å²) in [5.74, 6) is -2.64. The summed E-state index contributed by atoms with van der Waals surface area (Å²) in [5, 5.41) is 13.7. The summed E-state index contributed by atoms with van der Waals surface area (Å²) in [6, 6.07) is 1.58. The minimum Gasteiger partial charge on any atom is -0.396 e. The molecule has 2 heterocycles. The van der Waals surface area contributed by atoms with Crippen molar-refractivity contribution in [1.82, 2.24) is 15.3 Å². The summed E-state index contributed by atoms with van der Waals surface area (Å²) >= 11 is 7.27. The van der Waals surface area contributed by atoms with E-state index >= 15 is 0 Å². The summed E-state index contributed by atoms with van der Waals surface area (Å²) < 4.78 is 52.2. The average Bonchev–Trinajstić information content (AvgIpc) is 3.29. The molecule has 0 radical (unpaired) electrons. The number of aliphatic imine (C=N–C) groups is 1. The number of aromatic nitrogens is 2. The van der Waals surface area contributed by atoms with Gasteiger partial charge in [0.25, 0.3) is 5.91 Å². The fourth-order valence-corrected chi connectivity index (χ4v) is 4.42. The number of alkyl halides is 3. The molecule has 35 heavy (non-hydrogen) atoms. The highest BCUT2D eigenvalue weighted by molar-refractivity contribution is 8.15. The quantitative estimate of drug-likeness (QED) is 0.447. The molecule has 0 aliphatic carbocycles. The summed E-state index contributed by atoms with van der Waals surface area (Å²) in [6.45, 7) is 1.62. The van der Waals surface area contributed by atoms with E-state index in [0.717, 1.165) is 17.8 Å². The number of anilines is 1. The maximum atomic E-state index is 13.5. The zero-order chi connectivity index (χ0) is 25.8. The Bertz CT molecular complexity index is 1150. The molecule has 0 spiro atoms. The van der Waals surface area contributed by atoms with E-state index in [4.69, 9.17) is 16.7 Å². The summed E-state index contributed by atoms with van der Waals surface area (Å²) in [7, 11) is 0. The first-order chi connectivity index (χ1) is 16.5. The molecule has 2 amide bonds. The molecule has 188 valence electrons. The van der Waals surface area contributed by atoms with Gasteiger partial charge in [-0.05, 0) is 38.0 Å². The van der Waals surface area contributed by atoms with Gasteiger partial charge in [0.05, 0.1) is 33.9 Å². The minimum absolute atomic E-state index is 0.0406. The van der Waals surface area contributed by atoms with Gasteiger partial charge in [-0.1, -0.05) is 23.4 Å². The Kier molecular flexibility index (Phi) is 8.67. The third-order valence-corrected chi connectivity index (χ3v) is 6.64. The van der Waals surface area contributed by atoms with E-state index < -0.39 is 40.7 Å². The number of hydrogen-bond acceptors (Lipinski definition) is 7. The Balaban J connectivity index is 1.59. The number of hydrogen-bond donors (Lipinski definition) is 3. The first-order valence-electron chi connectivity index (χ1n) is 10.3. The Morgan fingerprint density at radius 3 is 2.74 bits per heavy atom. The van der Waals surface area contributed by atoms with Crippen molar-refractivity contribution in [1.29, 1.82) is 0 Å². The van der Waals surface area contributed by atoms with Crippen molar-refractivity contribution in [2.75, 3.05) is 18.5 Å². The lowest BCUT2D eigenvalue weighted by atomic mass is 10.1. The van der Waals surface area contributed by atoms with Crippen LogP contribution in [0.4, 0.5) is 23.2 Å². The monoisotopic (exact) mass is 533 g/mol. The van der Waals surface area contributed by atoms with E-state index in [1.165, 1.54) is 6.33 Å². The molecule has 0 bridgehead atoms. The predicted molar refractivity (Wildman–Crippen MR) is 123 cm³/mol. The number of amides is 2. The molecule has 2 aromatic rings. The molecule has 0 saturated heterocycles. The lowest BCUT2D eigenvalue weighted by Gasteiger charge is -2.16. The van der Waals surface area contributed by atoms with E-state index in [0.29, 0.717) is 35.7 Å². The molecule has 1 aromatic heterocycles. The van der Waals surface area contributed by atoms with E-state index in [2.05, 4.69) is 25.6 Å². The first-order valence-corrected chi connectivity index (χ1v) is 11.6. The van der Waals surface area contributed by atoms with Crippen molar-refractivity contribution < 1.29 is 32.3 Å². The standard InChI is InChI=1S/C21H20ClF4N5O3S/c1-10(30-19(34)17-16(22)14(3-2-6-32)28-9-29-17)20-27-8-15(35-20)18(33)31-11-4-5-13(23)12(7-11)21(24,25)26/h4-5,7,9-10,15,32H,2-3,6,8H2,1H3,(H,30,34)(H,31,33). The number of nitrogens with zero attached hydrogens (tertiary/aromatic N) is 3. The van der Waals surface area contributed by atoms with E-state index in [-0.39, 0.29) is 29.6 Å². The zero-order valence-electron chi connectivity index (χ0n) is 18.2. The Labute approximate surface area is 206 Å². The van der Waals surface area contributed by atoms with Gasteiger partial charge in [0.15, 0.2) is 0 Å². The smallest absolute Gasteiger partial charge is 0.396 e. The third-order valence-electron chi connectivity index (χ3n) is 4.87. The molecule has 1 aliphatic rings. The fraction of sp³-hybridized carbons (Fsp3) is 0.381. The number of aryl methyl sites for hydroxylation is 1. The van der Waals surface area contributed by atoms with Crippen LogP contribution in [0.3, 0.4) is 0 Å². The number of nitrogens with one attached hydrogen (secondary N) is 2. The van der Waals surface area contributed by atoms with Crippen LogP contribution in [0.2, 0.25) is 5.02 Å². The van der Waals surface area contributed by atoms with Gasteiger partial charge in [0.2, 0.25) is 5.91 Å². The second kappa shape index (κ2) is 11.3. The van der Waals surface area contributed by atoms with Crippen LogP contribution in [0, 0.1) is 5.82 Å². The predicted octanol–water partition coefficient (Wildman–Crippen LogP) is 3.48. The van der Waals surface area contributed by atoms with Crippen LogP contribution in [-0.4, -0.2) is 56.4 Å². The Morgan fingerprint density at radius 1 is 1.31 bits per heavy atom. The maximum Gasteiger partial charge on any atom is 0.419 e. The molecule has 3 N–H and O–H groups in total. The highest BCUT2D eigenvalue weighted by Crippen LogP contribution is 2.33. The summed E-state index contributed by atoms with van der Waals surface area (Å²) in [4.78, 5) is 37.3. The zero-order valence-corrected chi connectivity index (χ0v) is 19.8. The highest BCUT2D eigenvalue weighted by Gasteiger charge is 2.35. The Hall–Kier alpha value is -2.77. The number of halogens is 5. The molecule has 14 heteroatoms. The normalized spacial score (nSPS) is 16.5. The largest absolute Gasteiger partial charge is 0.419 e. The van der Waals surface area contributed by atoms with Gasteiger partial charge < -0.3 is 15.7 Å². The van der Waals surface area contributed by atoms with Crippen molar-refractivity contribution in [3.8, 4) is 0 Å².